The summed E-state index contributed by atoms with van der Waals surface area (Å²) in [5, 5.41) is 11.9. The quantitative estimate of drug-likeness (QED) is 0.864. The van der Waals surface area contributed by atoms with Crippen LogP contribution in [0.25, 0.3) is 0 Å². The molecule has 0 spiro atoms. The molecule has 3 rings (SSSR count). The van der Waals surface area contributed by atoms with Gasteiger partial charge in [-0.3, -0.25) is 0 Å². The van der Waals surface area contributed by atoms with Gasteiger partial charge in [-0.25, -0.2) is 4.79 Å². The van der Waals surface area contributed by atoms with Crippen molar-refractivity contribution in [2.75, 3.05) is 19.7 Å². The van der Waals surface area contributed by atoms with Crippen LogP contribution in [-0.4, -0.2) is 35.7 Å². The first-order chi connectivity index (χ1) is 9.28. The Morgan fingerprint density at radius 2 is 2.16 bits per heavy atom. The Morgan fingerprint density at radius 1 is 1.32 bits per heavy atom. The molecule has 0 radical (unpaired) electrons. The number of hydrogen-bond acceptors (Lipinski definition) is 2. The van der Waals surface area contributed by atoms with E-state index in [9.17, 15) is 4.79 Å². The minimum absolute atomic E-state index is 0.0149. The van der Waals surface area contributed by atoms with Crippen molar-refractivity contribution in [1.29, 1.82) is 0 Å². The molecule has 2 amide bonds. The number of amides is 2. The van der Waals surface area contributed by atoms with Crippen LogP contribution >= 0.6 is 0 Å². The summed E-state index contributed by atoms with van der Waals surface area (Å²) < 4.78 is 0. The van der Waals surface area contributed by atoms with E-state index in [2.05, 4.69) is 23.5 Å². The predicted molar refractivity (Wildman–Crippen MR) is 73.0 cm³/mol. The number of aliphatic hydroxyl groups is 1. The fraction of sp³-hybridized carbons (Fsp3) is 0.533. The van der Waals surface area contributed by atoms with E-state index in [1.165, 1.54) is 29.5 Å². The summed E-state index contributed by atoms with van der Waals surface area (Å²) in [6, 6.07) is 6.68. The van der Waals surface area contributed by atoms with Gasteiger partial charge in [0.15, 0.2) is 0 Å². The third-order valence-corrected chi connectivity index (χ3v) is 4.10. The standard InChI is InChI=1S/C15H20N2O2/c18-8-2-7-17-10-14(16-15(17)19)13-6-5-11-3-1-4-12(11)9-13/h5-6,9,14,18H,1-4,7-8,10H2,(H,16,19). The zero-order chi connectivity index (χ0) is 13.2. The molecule has 1 fully saturated rings. The third kappa shape index (κ3) is 2.45. The van der Waals surface area contributed by atoms with Crippen LogP contribution in [0.15, 0.2) is 18.2 Å². The van der Waals surface area contributed by atoms with Crippen LogP contribution < -0.4 is 5.32 Å². The lowest BCUT2D eigenvalue weighted by molar-refractivity contribution is 0.209. The highest BCUT2D eigenvalue weighted by Gasteiger charge is 2.29. The van der Waals surface area contributed by atoms with E-state index in [4.69, 9.17) is 5.11 Å². The Hall–Kier alpha value is -1.55. The molecule has 1 saturated heterocycles. The van der Waals surface area contributed by atoms with Gasteiger partial charge < -0.3 is 15.3 Å². The summed E-state index contributed by atoms with van der Waals surface area (Å²) in [6.07, 6.45) is 4.25. The number of aryl methyl sites for hydroxylation is 2. The number of hydrogen-bond donors (Lipinski definition) is 2. The summed E-state index contributed by atoms with van der Waals surface area (Å²) in [4.78, 5) is 13.6. The van der Waals surface area contributed by atoms with Gasteiger partial charge >= 0.3 is 6.03 Å². The molecule has 1 aliphatic carbocycles. The van der Waals surface area contributed by atoms with Crippen molar-refractivity contribution in [3.8, 4) is 0 Å². The van der Waals surface area contributed by atoms with Gasteiger partial charge in [0.2, 0.25) is 0 Å². The average Bonchev–Trinajstić information content (AvgIpc) is 3.02. The van der Waals surface area contributed by atoms with Crippen molar-refractivity contribution in [3.05, 3.63) is 34.9 Å². The van der Waals surface area contributed by atoms with Gasteiger partial charge in [0.05, 0.1) is 6.04 Å². The number of rotatable bonds is 4. The van der Waals surface area contributed by atoms with Crippen molar-refractivity contribution >= 4 is 6.03 Å². The zero-order valence-corrected chi connectivity index (χ0v) is 11.1. The van der Waals surface area contributed by atoms with Crippen molar-refractivity contribution in [2.45, 2.75) is 31.7 Å². The van der Waals surface area contributed by atoms with Gasteiger partial charge in [-0.15, -0.1) is 0 Å². The van der Waals surface area contributed by atoms with Crippen molar-refractivity contribution in [1.82, 2.24) is 10.2 Å². The Balaban J connectivity index is 1.71. The Morgan fingerprint density at radius 3 is 3.00 bits per heavy atom. The average molecular weight is 260 g/mol. The lowest BCUT2D eigenvalue weighted by atomic mass is 10.0. The molecular weight excluding hydrogens is 240 g/mol. The minimum atomic E-state index is -0.0149. The number of urea groups is 1. The molecule has 0 saturated carbocycles. The summed E-state index contributed by atoms with van der Waals surface area (Å²) in [5.41, 5.74) is 4.12. The first-order valence-electron chi connectivity index (χ1n) is 7.06. The maximum Gasteiger partial charge on any atom is 0.318 e. The monoisotopic (exact) mass is 260 g/mol. The van der Waals surface area contributed by atoms with Gasteiger partial charge in [-0.05, 0) is 42.4 Å². The molecule has 1 atom stereocenters. The van der Waals surface area contributed by atoms with Crippen molar-refractivity contribution < 1.29 is 9.90 Å². The van der Waals surface area contributed by atoms with Gasteiger partial charge in [0.1, 0.15) is 0 Å². The fourth-order valence-electron chi connectivity index (χ4n) is 3.04. The first kappa shape index (κ1) is 12.5. The molecule has 2 N–H and O–H groups in total. The lowest BCUT2D eigenvalue weighted by Crippen LogP contribution is -2.29. The van der Waals surface area contributed by atoms with E-state index < -0.39 is 0 Å². The number of carbonyl (C=O) groups is 1. The van der Waals surface area contributed by atoms with Crippen LogP contribution in [0.3, 0.4) is 0 Å². The molecular formula is C15H20N2O2. The molecule has 2 aliphatic rings. The van der Waals surface area contributed by atoms with Crippen LogP contribution in [0.4, 0.5) is 4.79 Å². The van der Waals surface area contributed by atoms with Gasteiger partial charge in [0.25, 0.3) is 0 Å². The lowest BCUT2D eigenvalue weighted by Gasteiger charge is -2.14. The van der Waals surface area contributed by atoms with Crippen LogP contribution in [0, 0.1) is 0 Å². The fourth-order valence-corrected chi connectivity index (χ4v) is 3.04. The molecule has 4 heteroatoms. The highest BCUT2D eigenvalue weighted by Crippen LogP contribution is 2.27. The molecule has 0 bridgehead atoms. The van der Waals surface area contributed by atoms with E-state index in [0.29, 0.717) is 19.5 Å². The Kier molecular flexibility index (Phi) is 3.42. The topological polar surface area (TPSA) is 52.6 Å². The van der Waals surface area contributed by atoms with Crippen molar-refractivity contribution in [2.24, 2.45) is 0 Å². The number of aliphatic hydroxyl groups excluding tert-OH is 1. The largest absolute Gasteiger partial charge is 0.396 e. The maximum absolute atomic E-state index is 11.8. The van der Waals surface area contributed by atoms with Crippen LogP contribution in [0.2, 0.25) is 0 Å². The maximum atomic E-state index is 11.8. The second-order valence-electron chi connectivity index (χ2n) is 5.41. The summed E-state index contributed by atoms with van der Waals surface area (Å²) in [7, 11) is 0. The summed E-state index contributed by atoms with van der Waals surface area (Å²) >= 11 is 0. The van der Waals surface area contributed by atoms with Gasteiger partial charge in [-0.2, -0.15) is 0 Å². The van der Waals surface area contributed by atoms with Gasteiger partial charge in [-0.1, -0.05) is 18.2 Å². The molecule has 1 unspecified atom stereocenters. The van der Waals surface area contributed by atoms with E-state index in [1.54, 1.807) is 4.90 Å². The highest BCUT2D eigenvalue weighted by molar-refractivity contribution is 5.77. The van der Waals surface area contributed by atoms with E-state index >= 15 is 0 Å². The Bertz CT molecular complexity index is 487. The summed E-state index contributed by atoms with van der Waals surface area (Å²) in [5.74, 6) is 0. The van der Waals surface area contributed by atoms with E-state index in [1.807, 2.05) is 0 Å². The third-order valence-electron chi connectivity index (χ3n) is 4.10. The number of carbonyl (C=O) groups excluding carboxylic acids is 1. The van der Waals surface area contributed by atoms with E-state index in [-0.39, 0.29) is 18.7 Å². The first-order valence-corrected chi connectivity index (χ1v) is 7.06. The minimum Gasteiger partial charge on any atom is -0.396 e. The molecule has 1 aromatic rings. The molecule has 1 aromatic carbocycles. The van der Waals surface area contributed by atoms with Crippen LogP contribution in [0.5, 0.6) is 0 Å². The van der Waals surface area contributed by atoms with Crippen LogP contribution in [0.1, 0.15) is 35.6 Å². The normalized spacial score (nSPS) is 21.6. The number of nitrogens with one attached hydrogen (secondary N) is 1. The number of benzene rings is 1. The highest BCUT2D eigenvalue weighted by atomic mass is 16.3. The molecule has 0 aromatic heterocycles. The molecule has 1 heterocycles. The molecule has 19 heavy (non-hydrogen) atoms. The second kappa shape index (κ2) is 5.21. The van der Waals surface area contributed by atoms with E-state index in [0.717, 1.165) is 6.42 Å². The molecule has 102 valence electrons. The Labute approximate surface area is 113 Å². The number of nitrogens with zero attached hydrogens (tertiary/aromatic N) is 1. The zero-order valence-electron chi connectivity index (χ0n) is 11.1. The SMILES string of the molecule is O=C1NC(c2ccc3c(c2)CCC3)CN1CCCO. The van der Waals surface area contributed by atoms with Crippen LogP contribution in [-0.2, 0) is 12.8 Å². The molecule has 4 nitrogen and oxygen atoms in total. The molecule has 1 aliphatic heterocycles. The van der Waals surface area contributed by atoms with Crippen molar-refractivity contribution in [3.63, 3.8) is 0 Å². The second-order valence-corrected chi connectivity index (χ2v) is 5.41. The van der Waals surface area contributed by atoms with Gasteiger partial charge in [0, 0.05) is 19.7 Å². The predicted octanol–water partition coefficient (Wildman–Crippen LogP) is 1.62. The smallest absolute Gasteiger partial charge is 0.318 e. The summed E-state index contributed by atoms with van der Waals surface area (Å²) in [6.45, 7) is 1.47. The number of fused-ring (bicyclic) bond motifs is 1.